The van der Waals surface area contributed by atoms with Gasteiger partial charge in [0.15, 0.2) is 11.6 Å². The van der Waals surface area contributed by atoms with E-state index in [2.05, 4.69) is 68.5 Å². The summed E-state index contributed by atoms with van der Waals surface area (Å²) in [7, 11) is 0. The van der Waals surface area contributed by atoms with Crippen LogP contribution in [0.15, 0.2) is 54.6 Å². The summed E-state index contributed by atoms with van der Waals surface area (Å²) < 4.78 is 23.0. The maximum absolute atomic E-state index is 5.76. The summed E-state index contributed by atoms with van der Waals surface area (Å²) >= 11 is 0. The van der Waals surface area contributed by atoms with Gasteiger partial charge in [0.2, 0.25) is 0 Å². The van der Waals surface area contributed by atoms with Crippen molar-refractivity contribution in [1.82, 2.24) is 0 Å². The smallest absolute Gasteiger partial charge is 1.00 e. The van der Waals surface area contributed by atoms with Crippen molar-refractivity contribution in [3.05, 3.63) is 76.9 Å². The Morgan fingerprint density at radius 3 is 1.69 bits per heavy atom. The first-order chi connectivity index (χ1) is 16.5. The fraction of sp³-hybridized carbons (Fsp3) is 0.548. The summed E-state index contributed by atoms with van der Waals surface area (Å²) in [5, 5.41) is 0. The molecular formula is C31H43KO4. The van der Waals surface area contributed by atoms with E-state index in [9.17, 15) is 0 Å². The summed E-state index contributed by atoms with van der Waals surface area (Å²) in [4.78, 5) is 0. The van der Waals surface area contributed by atoms with E-state index < -0.39 is 0 Å². The number of ether oxygens (including phenoxy) is 4. The van der Waals surface area contributed by atoms with Crippen molar-refractivity contribution in [1.29, 1.82) is 0 Å². The van der Waals surface area contributed by atoms with Crippen molar-refractivity contribution in [2.75, 3.05) is 26.4 Å². The van der Waals surface area contributed by atoms with E-state index in [1.54, 1.807) is 0 Å². The van der Waals surface area contributed by atoms with E-state index in [-0.39, 0.29) is 71.8 Å². The minimum Gasteiger partial charge on any atom is -1.00 e. The molecule has 1 saturated carbocycles. The molecule has 0 radical (unpaired) electrons. The van der Waals surface area contributed by atoms with Crippen LogP contribution < -0.4 is 51.4 Å². The van der Waals surface area contributed by atoms with Crippen LogP contribution in [0.5, 0.6) is 0 Å². The number of aryl methyl sites for hydroxylation is 2. The average molecular weight is 519 g/mol. The zero-order valence-electron chi connectivity index (χ0n) is 22.7. The Labute approximate surface area is 262 Å². The zero-order chi connectivity index (χ0) is 23.4. The largest absolute Gasteiger partial charge is 1.00 e. The first kappa shape index (κ1) is 30.2. The van der Waals surface area contributed by atoms with E-state index >= 15 is 0 Å². The van der Waals surface area contributed by atoms with Crippen molar-refractivity contribution in [3.63, 3.8) is 0 Å². The Bertz CT molecular complexity index is 967. The van der Waals surface area contributed by atoms with Gasteiger partial charge in [-0.25, -0.2) is 0 Å². The zero-order valence-corrected chi connectivity index (χ0v) is 24.8. The van der Waals surface area contributed by atoms with Gasteiger partial charge in [0.1, 0.15) is 0 Å². The minimum atomic E-state index is -0.297. The topological polar surface area (TPSA) is 36.9 Å². The van der Waals surface area contributed by atoms with E-state index in [4.69, 9.17) is 18.9 Å². The van der Waals surface area contributed by atoms with Crippen LogP contribution in [0.4, 0.5) is 0 Å². The molecule has 36 heavy (non-hydrogen) atoms. The maximum Gasteiger partial charge on any atom is 1.00 e. The van der Waals surface area contributed by atoms with Gasteiger partial charge in [0.25, 0.3) is 0 Å². The Hall–Kier alpha value is -0.344. The number of hydrogen-bond acceptors (Lipinski definition) is 4. The normalized spacial score (nSPS) is 22.2. The molecule has 0 aromatic heterocycles. The van der Waals surface area contributed by atoms with Crippen LogP contribution in [0.1, 0.15) is 82.0 Å². The molecule has 2 aromatic carbocycles. The average Bonchev–Trinajstić information content (AvgIpc) is 3.52. The molecule has 0 atom stereocenters. The fourth-order valence-corrected chi connectivity index (χ4v) is 5.61. The van der Waals surface area contributed by atoms with Crippen molar-refractivity contribution in [3.8, 4) is 0 Å². The van der Waals surface area contributed by atoms with Crippen molar-refractivity contribution < 1.29 is 71.8 Å². The molecule has 0 unspecified atom stereocenters. The molecule has 2 saturated heterocycles. The van der Waals surface area contributed by atoms with Crippen LogP contribution in [0.2, 0.25) is 0 Å². The molecule has 2 spiro atoms. The summed E-state index contributed by atoms with van der Waals surface area (Å²) in [6, 6.07) is 17.7. The maximum atomic E-state index is 5.76. The van der Waals surface area contributed by atoms with Crippen molar-refractivity contribution >= 4 is 5.57 Å². The SMILES string of the molecule is C.Cc1ccc(C2=CCC3(CC2)OCCO3)cc1.Cc1ccc(C2CCC3(CC2)OCCO3)cc1.[H-].[K+]. The molecule has 0 N–H and O–H groups in total. The van der Waals surface area contributed by atoms with Crippen LogP contribution in [0.25, 0.3) is 5.57 Å². The third kappa shape index (κ3) is 7.40. The summed E-state index contributed by atoms with van der Waals surface area (Å²) in [6.45, 7) is 7.29. The Morgan fingerprint density at radius 2 is 1.19 bits per heavy atom. The van der Waals surface area contributed by atoms with E-state index in [0.717, 1.165) is 58.5 Å². The van der Waals surface area contributed by atoms with Gasteiger partial charge < -0.3 is 20.4 Å². The minimum absolute atomic E-state index is 0. The fourth-order valence-electron chi connectivity index (χ4n) is 5.61. The Morgan fingerprint density at radius 1 is 0.694 bits per heavy atom. The molecule has 0 amide bonds. The first-order valence-electron chi connectivity index (χ1n) is 12.9. The molecule has 6 rings (SSSR count). The Kier molecular flexibility index (Phi) is 11.4. The van der Waals surface area contributed by atoms with E-state index in [1.165, 1.54) is 40.7 Å². The van der Waals surface area contributed by atoms with Crippen LogP contribution in [-0.4, -0.2) is 38.0 Å². The third-order valence-electron chi connectivity index (χ3n) is 7.78. The molecule has 192 valence electrons. The predicted molar refractivity (Wildman–Crippen MR) is 143 cm³/mol. The number of benzene rings is 2. The molecule has 2 aliphatic carbocycles. The van der Waals surface area contributed by atoms with Crippen LogP contribution in [-0.2, 0) is 18.9 Å². The number of hydrogen-bond donors (Lipinski definition) is 0. The van der Waals surface area contributed by atoms with Crippen LogP contribution in [0.3, 0.4) is 0 Å². The summed E-state index contributed by atoms with van der Waals surface area (Å²) in [5.41, 5.74) is 6.88. The molecule has 2 heterocycles. The quantitative estimate of drug-likeness (QED) is 0.551. The first-order valence-corrected chi connectivity index (χ1v) is 12.9. The second-order valence-corrected chi connectivity index (χ2v) is 10.2. The molecule has 3 fully saturated rings. The van der Waals surface area contributed by atoms with Gasteiger partial charge in [-0.1, -0.05) is 73.2 Å². The Balaban J connectivity index is 0.000000241. The van der Waals surface area contributed by atoms with Gasteiger partial charge in [0, 0.05) is 25.7 Å². The van der Waals surface area contributed by atoms with Gasteiger partial charge in [-0.3, -0.25) is 0 Å². The van der Waals surface area contributed by atoms with Crippen molar-refractivity contribution in [2.24, 2.45) is 0 Å². The van der Waals surface area contributed by atoms with Crippen LogP contribution >= 0.6 is 0 Å². The molecule has 2 aromatic rings. The number of allylic oxidation sites excluding steroid dienone is 1. The molecule has 0 bridgehead atoms. The summed E-state index contributed by atoms with van der Waals surface area (Å²) in [6.07, 6.45) is 9.65. The van der Waals surface area contributed by atoms with Gasteiger partial charge in [-0.05, 0) is 55.7 Å². The van der Waals surface area contributed by atoms with Gasteiger partial charge in [0.05, 0.1) is 26.4 Å². The molecular weight excluding hydrogens is 475 g/mol. The molecule has 5 heteroatoms. The third-order valence-corrected chi connectivity index (χ3v) is 7.78. The predicted octanol–water partition coefficient (Wildman–Crippen LogP) is 4.45. The number of rotatable bonds is 2. The second kappa shape index (κ2) is 13.6. The monoisotopic (exact) mass is 518 g/mol. The van der Waals surface area contributed by atoms with Crippen molar-refractivity contribution in [2.45, 2.75) is 83.7 Å². The van der Waals surface area contributed by atoms with Gasteiger partial charge in [-0.15, -0.1) is 0 Å². The van der Waals surface area contributed by atoms with Gasteiger partial charge >= 0.3 is 51.4 Å². The standard InChI is InChI=1S/C15H20O2.C15H18O2.CH4.K.H/c2*1-12-2-4-13(5-3-12)14-6-8-15(9-7-14)16-10-11-17-15;;;/h2-5,14H,6-11H2,1H3;2-6H,7-11H2,1H3;1H4;;/q;;;+1;-1. The summed E-state index contributed by atoms with van der Waals surface area (Å²) in [5.74, 6) is 0.170. The van der Waals surface area contributed by atoms with Crippen LogP contribution in [0, 0.1) is 13.8 Å². The molecule has 4 nitrogen and oxygen atoms in total. The van der Waals surface area contributed by atoms with E-state index in [1.807, 2.05) is 0 Å². The van der Waals surface area contributed by atoms with Gasteiger partial charge in [-0.2, -0.15) is 0 Å². The van der Waals surface area contributed by atoms with E-state index in [0.29, 0.717) is 5.92 Å². The molecule has 2 aliphatic heterocycles. The molecule has 4 aliphatic rings. The second-order valence-electron chi connectivity index (χ2n) is 10.2.